The summed E-state index contributed by atoms with van der Waals surface area (Å²) in [6.45, 7) is 3.43. The minimum atomic E-state index is -3.99. The summed E-state index contributed by atoms with van der Waals surface area (Å²) in [5.41, 5.74) is -0.555. The van der Waals surface area contributed by atoms with E-state index < -0.39 is 38.2 Å². The minimum absolute atomic E-state index is 0.0235. The van der Waals surface area contributed by atoms with Crippen LogP contribution in [0.2, 0.25) is 0 Å². The average Bonchev–Trinajstić information content (AvgIpc) is 3.34. The predicted molar refractivity (Wildman–Crippen MR) is 96.0 cm³/mol. The maximum absolute atomic E-state index is 13.3. The Balaban J connectivity index is 2.12. The molecule has 3 rings (SSSR count). The topological polar surface area (TPSA) is 84.2 Å². The Morgan fingerprint density at radius 2 is 1.78 bits per heavy atom. The molecule has 0 aromatic heterocycles. The first-order valence-electron chi connectivity index (χ1n) is 8.43. The first-order valence-corrected chi connectivity index (χ1v) is 9.98. The molecule has 0 aliphatic heterocycles. The van der Waals surface area contributed by atoms with E-state index in [4.69, 9.17) is 4.74 Å². The highest BCUT2D eigenvalue weighted by Gasteiger charge is 2.77. The molecule has 1 fully saturated rings. The van der Waals surface area contributed by atoms with Gasteiger partial charge >= 0.3 is 5.97 Å². The number of carbonyl (C=O) groups is 1. The number of aryl methyl sites for hydroxylation is 1. The molecule has 3 atom stereocenters. The van der Waals surface area contributed by atoms with E-state index >= 15 is 0 Å². The maximum atomic E-state index is 13.3. The van der Waals surface area contributed by atoms with Gasteiger partial charge in [-0.15, -0.1) is 0 Å². The molecule has 1 aliphatic carbocycles. The lowest BCUT2D eigenvalue weighted by Crippen LogP contribution is -2.25. The van der Waals surface area contributed by atoms with E-state index in [-0.39, 0.29) is 11.5 Å². The first-order chi connectivity index (χ1) is 12.8. The van der Waals surface area contributed by atoms with Gasteiger partial charge in [-0.05, 0) is 43.7 Å². The van der Waals surface area contributed by atoms with Gasteiger partial charge in [-0.25, -0.2) is 12.8 Å². The molecule has 0 amide bonds. The van der Waals surface area contributed by atoms with E-state index in [1.807, 2.05) is 13.0 Å². The summed E-state index contributed by atoms with van der Waals surface area (Å²) in [7, 11) is -3.99. The SMILES string of the molecule is CCOC(=O)[C@@]1(C#N)[C@H](S(=O)(=O)c2ccc(C)cc2)[C@@H]1c1ccc(F)cc1. The van der Waals surface area contributed by atoms with Crippen LogP contribution in [0.5, 0.6) is 0 Å². The standard InChI is InChI=1S/C20H18FNO4S/c1-3-26-19(23)20(12-22)17(14-6-8-15(21)9-7-14)18(20)27(24,25)16-10-4-13(2)5-11-16/h4-11,17-18H,3H2,1-2H3/t17-,18+,20+/m0/s1. The van der Waals surface area contributed by atoms with Crippen LogP contribution in [0.15, 0.2) is 53.4 Å². The molecule has 27 heavy (non-hydrogen) atoms. The lowest BCUT2D eigenvalue weighted by Gasteiger charge is -2.09. The number of rotatable bonds is 5. The molecule has 0 saturated heterocycles. The molecule has 2 aromatic rings. The van der Waals surface area contributed by atoms with Gasteiger partial charge in [-0.3, -0.25) is 4.79 Å². The van der Waals surface area contributed by atoms with Gasteiger partial charge in [0.25, 0.3) is 0 Å². The fourth-order valence-electron chi connectivity index (χ4n) is 3.43. The van der Waals surface area contributed by atoms with Gasteiger partial charge in [0, 0.05) is 5.92 Å². The molecule has 5 nitrogen and oxygen atoms in total. The predicted octanol–water partition coefficient (Wildman–Crippen LogP) is 3.15. The monoisotopic (exact) mass is 387 g/mol. The van der Waals surface area contributed by atoms with Gasteiger partial charge in [-0.1, -0.05) is 29.8 Å². The number of esters is 1. The first kappa shape index (κ1) is 19.1. The Hall–Kier alpha value is -2.72. The second-order valence-corrected chi connectivity index (χ2v) is 8.58. The van der Waals surface area contributed by atoms with Gasteiger partial charge in [0.1, 0.15) is 11.1 Å². The zero-order valence-corrected chi connectivity index (χ0v) is 15.7. The second-order valence-electron chi connectivity index (χ2n) is 6.51. The number of carbonyl (C=O) groups excluding carboxylic acids is 1. The Morgan fingerprint density at radius 1 is 1.19 bits per heavy atom. The zero-order chi connectivity index (χ0) is 19.8. The molecule has 1 saturated carbocycles. The van der Waals surface area contributed by atoms with Crippen molar-refractivity contribution in [3.8, 4) is 6.07 Å². The lowest BCUT2D eigenvalue weighted by atomic mass is 10.0. The van der Waals surface area contributed by atoms with Gasteiger partial charge in [-0.2, -0.15) is 5.26 Å². The fraction of sp³-hybridized carbons (Fsp3) is 0.300. The quantitative estimate of drug-likeness (QED) is 0.736. The van der Waals surface area contributed by atoms with Crippen LogP contribution in [0.1, 0.15) is 24.0 Å². The normalized spacial score (nSPS) is 24.1. The molecule has 0 heterocycles. The Morgan fingerprint density at radius 3 is 2.30 bits per heavy atom. The van der Waals surface area contributed by atoms with Crippen LogP contribution in [0.3, 0.4) is 0 Å². The third kappa shape index (κ3) is 3.00. The Labute approximate surface area is 157 Å². The molecule has 0 radical (unpaired) electrons. The van der Waals surface area contributed by atoms with Crippen LogP contribution < -0.4 is 0 Å². The van der Waals surface area contributed by atoms with Gasteiger partial charge in [0.2, 0.25) is 0 Å². The average molecular weight is 387 g/mol. The van der Waals surface area contributed by atoms with E-state index in [1.54, 1.807) is 19.1 Å². The number of benzene rings is 2. The zero-order valence-electron chi connectivity index (χ0n) is 14.8. The van der Waals surface area contributed by atoms with Crippen molar-refractivity contribution in [2.24, 2.45) is 5.41 Å². The highest BCUT2D eigenvalue weighted by molar-refractivity contribution is 7.92. The highest BCUT2D eigenvalue weighted by Crippen LogP contribution is 2.64. The van der Waals surface area contributed by atoms with E-state index in [1.165, 1.54) is 36.4 Å². The summed E-state index contributed by atoms with van der Waals surface area (Å²) in [5.74, 6) is -2.29. The van der Waals surface area contributed by atoms with Crippen LogP contribution >= 0.6 is 0 Å². The molecular weight excluding hydrogens is 369 g/mol. The number of sulfone groups is 1. The van der Waals surface area contributed by atoms with Crippen molar-refractivity contribution in [3.63, 3.8) is 0 Å². The lowest BCUT2D eigenvalue weighted by molar-refractivity contribution is -0.147. The molecular formula is C20H18FNO4S. The van der Waals surface area contributed by atoms with Crippen molar-refractivity contribution >= 4 is 15.8 Å². The smallest absolute Gasteiger partial charge is 0.328 e. The van der Waals surface area contributed by atoms with Crippen molar-refractivity contribution in [3.05, 3.63) is 65.5 Å². The Bertz CT molecular complexity index is 1010. The third-order valence-corrected chi connectivity index (χ3v) is 7.09. The minimum Gasteiger partial charge on any atom is -0.465 e. The van der Waals surface area contributed by atoms with Crippen molar-refractivity contribution in [1.82, 2.24) is 0 Å². The van der Waals surface area contributed by atoms with E-state index in [2.05, 4.69) is 0 Å². The third-order valence-electron chi connectivity index (χ3n) is 4.84. The molecule has 140 valence electrons. The van der Waals surface area contributed by atoms with Gasteiger partial charge in [0.15, 0.2) is 15.3 Å². The van der Waals surface area contributed by atoms with Crippen molar-refractivity contribution in [1.29, 1.82) is 5.26 Å². The van der Waals surface area contributed by atoms with Gasteiger partial charge in [0.05, 0.1) is 17.6 Å². The fourth-order valence-corrected chi connectivity index (χ4v) is 5.68. The molecule has 0 bridgehead atoms. The number of halogens is 1. The number of ether oxygens (including phenoxy) is 1. The van der Waals surface area contributed by atoms with Gasteiger partial charge < -0.3 is 4.74 Å². The molecule has 0 unspecified atom stereocenters. The second kappa shape index (κ2) is 6.78. The van der Waals surface area contributed by atoms with Crippen LogP contribution in [0.4, 0.5) is 4.39 Å². The summed E-state index contributed by atoms with van der Waals surface area (Å²) in [5, 5.41) is 8.49. The van der Waals surface area contributed by atoms with Crippen molar-refractivity contribution in [2.45, 2.75) is 29.9 Å². The molecule has 2 aromatic carbocycles. The largest absolute Gasteiger partial charge is 0.465 e. The van der Waals surface area contributed by atoms with Crippen molar-refractivity contribution < 1.29 is 22.3 Å². The van der Waals surface area contributed by atoms with Crippen LogP contribution in [-0.2, 0) is 19.4 Å². The van der Waals surface area contributed by atoms with Crippen LogP contribution in [0.25, 0.3) is 0 Å². The highest BCUT2D eigenvalue weighted by atomic mass is 32.2. The molecule has 0 spiro atoms. The summed E-state index contributed by atoms with van der Waals surface area (Å²) in [6, 6.07) is 13.3. The molecule has 7 heteroatoms. The summed E-state index contributed by atoms with van der Waals surface area (Å²) >= 11 is 0. The Kier molecular flexibility index (Phi) is 4.79. The summed E-state index contributed by atoms with van der Waals surface area (Å²) in [6.07, 6.45) is 0. The maximum Gasteiger partial charge on any atom is 0.328 e. The number of hydrogen-bond acceptors (Lipinski definition) is 5. The van der Waals surface area contributed by atoms with Crippen LogP contribution in [0, 0.1) is 29.5 Å². The molecule has 1 aliphatic rings. The summed E-state index contributed by atoms with van der Waals surface area (Å²) < 4.78 is 44.7. The number of nitriles is 1. The van der Waals surface area contributed by atoms with E-state index in [0.29, 0.717) is 5.56 Å². The van der Waals surface area contributed by atoms with E-state index in [9.17, 15) is 22.9 Å². The van der Waals surface area contributed by atoms with Crippen molar-refractivity contribution in [2.75, 3.05) is 6.61 Å². The number of hydrogen-bond donors (Lipinski definition) is 0. The number of nitrogens with zero attached hydrogens (tertiary/aromatic N) is 1. The van der Waals surface area contributed by atoms with Crippen LogP contribution in [-0.4, -0.2) is 26.2 Å². The van der Waals surface area contributed by atoms with E-state index in [0.717, 1.165) is 5.56 Å². The summed E-state index contributed by atoms with van der Waals surface area (Å²) in [4.78, 5) is 12.6. The molecule has 0 N–H and O–H groups in total.